The SMILES string of the molecule is COc1ccc([C@H]2CC[C@H](CN(c3cccc(-c4cnn(C(C)C)c4)c3)C(=O)[C@H]3CC[C@H](NC(=O)C(C)C)CC3)CC2)cc1C. The third kappa shape index (κ3) is 7.98. The van der Waals surface area contributed by atoms with Crippen molar-refractivity contribution in [3.8, 4) is 16.9 Å². The summed E-state index contributed by atoms with van der Waals surface area (Å²) in [6.07, 6.45) is 11.8. The van der Waals surface area contributed by atoms with Crippen LogP contribution in [0.4, 0.5) is 5.69 Å². The van der Waals surface area contributed by atoms with Crippen LogP contribution in [0.25, 0.3) is 11.1 Å². The predicted molar refractivity (Wildman–Crippen MR) is 182 cm³/mol. The average molecular weight is 613 g/mol. The number of ether oxygens (including phenoxy) is 1. The fraction of sp³-hybridized carbons (Fsp3) is 0.553. The average Bonchev–Trinajstić information content (AvgIpc) is 3.55. The van der Waals surface area contributed by atoms with E-state index in [1.165, 1.54) is 11.1 Å². The van der Waals surface area contributed by atoms with Crippen molar-refractivity contribution < 1.29 is 14.3 Å². The molecule has 7 nitrogen and oxygen atoms in total. The maximum absolute atomic E-state index is 14.3. The van der Waals surface area contributed by atoms with Gasteiger partial charge in [-0.2, -0.15) is 5.10 Å². The smallest absolute Gasteiger partial charge is 0.230 e. The first-order chi connectivity index (χ1) is 21.6. The van der Waals surface area contributed by atoms with E-state index in [9.17, 15) is 9.59 Å². The molecule has 1 aromatic heterocycles. The molecule has 1 heterocycles. The summed E-state index contributed by atoms with van der Waals surface area (Å²) in [5.41, 5.74) is 5.70. The molecule has 0 saturated heterocycles. The maximum atomic E-state index is 14.3. The second-order valence-corrected chi connectivity index (χ2v) is 14.0. The topological polar surface area (TPSA) is 76.5 Å². The first-order valence-electron chi connectivity index (χ1n) is 17.0. The molecule has 7 heteroatoms. The summed E-state index contributed by atoms with van der Waals surface area (Å²) in [7, 11) is 1.73. The number of hydrogen-bond acceptors (Lipinski definition) is 4. The van der Waals surface area contributed by atoms with Crippen molar-refractivity contribution in [2.45, 2.75) is 104 Å². The van der Waals surface area contributed by atoms with Crippen LogP contribution in [0.2, 0.25) is 0 Å². The molecule has 0 radical (unpaired) electrons. The number of aromatic nitrogens is 2. The second kappa shape index (κ2) is 14.7. The van der Waals surface area contributed by atoms with E-state index >= 15 is 0 Å². The van der Waals surface area contributed by atoms with Gasteiger partial charge in [-0.05, 0) is 119 Å². The highest BCUT2D eigenvalue weighted by atomic mass is 16.5. The summed E-state index contributed by atoms with van der Waals surface area (Å²) in [5.74, 6) is 2.23. The first kappa shape index (κ1) is 32.8. The van der Waals surface area contributed by atoms with E-state index in [0.717, 1.165) is 80.5 Å². The predicted octanol–water partition coefficient (Wildman–Crippen LogP) is 8.09. The summed E-state index contributed by atoms with van der Waals surface area (Å²) in [6.45, 7) is 11.0. The minimum Gasteiger partial charge on any atom is -0.496 e. The van der Waals surface area contributed by atoms with Gasteiger partial charge in [0.1, 0.15) is 5.75 Å². The number of methoxy groups -OCH3 is 1. The molecule has 0 spiro atoms. The fourth-order valence-electron chi connectivity index (χ4n) is 7.11. The van der Waals surface area contributed by atoms with E-state index in [-0.39, 0.29) is 35.7 Å². The van der Waals surface area contributed by atoms with Crippen molar-refractivity contribution in [1.82, 2.24) is 15.1 Å². The molecule has 2 amide bonds. The minimum absolute atomic E-state index is 0.0244. The lowest BCUT2D eigenvalue weighted by Gasteiger charge is -2.36. The number of nitrogens with zero attached hydrogens (tertiary/aromatic N) is 3. The van der Waals surface area contributed by atoms with E-state index in [0.29, 0.717) is 11.8 Å². The van der Waals surface area contributed by atoms with E-state index < -0.39 is 0 Å². The number of anilines is 1. The Morgan fingerprint density at radius 3 is 2.31 bits per heavy atom. The van der Waals surface area contributed by atoms with Crippen LogP contribution in [-0.2, 0) is 9.59 Å². The fourth-order valence-corrected chi connectivity index (χ4v) is 7.11. The lowest BCUT2D eigenvalue weighted by molar-refractivity contribution is -0.125. The highest BCUT2D eigenvalue weighted by Crippen LogP contribution is 2.39. The summed E-state index contributed by atoms with van der Waals surface area (Å²) >= 11 is 0. The zero-order valence-electron chi connectivity index (χ0n) is 28.1. The number of hydrogen-bond donors (Lipinski definition) is 1. The number of aryl methyl sites for hydroxylation is 1. The molecule has 1 N–H and O–H groups in total. The third-order valence-electron chi connectivity index (χ3n) is 10.0. The number of carbonyl (C=O) groups is 2. The van der Waals surface area contributed by atoms with Crippen molar-refractivity contribution in [2.24, 2.45) is 17.8 Å². The Morgan fingerprint density at radius 1 is 0.956 bits per heavy atom. The maximum Gasteiger partial charge on any atom is 0.230 e. The molecular formula is C38H52N4O3. The minimum atomic E-state index is -0.0248. The van der Waals surface area contributed by atoms with E-state index in [4.69, 9.17) is 4.74 Å². The Kier molecular flexibility index (Phi) is 10.7. The Bertz CT molecular complexity index is 1440. The van der Waals surface area contributed by atoms with Gasteiger partial charge in [0.15, 0.2) is 0 Å². The standard InChI is InChI=1S/C38H52N4O3/c1-25(2)37(43)40-34-17-14-30(15-18-34)38(44)41(35-9-7-8-31(21-35)33-22-39-42(24-33)26(3)4)23-28-10-12-29(13-11-28)32-16-19-36(45-6)27(5)20-32/h7-9,16,19-22,24-26,28-30,34H,10-15,17-18,23H2,1-6H3,(H,40,43)/t28-,29-,30-,34-. The lowest BCUT2D eigenvalue weighted by atomic mass is 9.78. The van der Waals surface area contributed by atoms with Gasteiger partial charge in [0, 0.05) is 47.9 Å². The molecule has 3 aromatic rings. The molecule has 0 atom stereocenters. The van der Waals surface area contributed by atoms with E-state index in [1.54, 1.807) is 7.11 Å². The number of rotatable bonds is 10. The van der Waals surface area contributed by atoms with Gasteiger partial charge in [-0.3, -0.25) is 14.3 Å². The molecule has 0 bridgehead atoms. The second-order valence-electron chi connectivity index (χ2n) is 14.0. The summed E-state index contributed by atoms with van der Waals surface area (Å²) in [5, 5.41) is 7.74. The van der Waals surface area contributed by atoms with E-state index in [2.05, 4.69) is 84.7 Å². The summed E-state index contributed by atoms with van der Waals surface area (Å²) < 4.78 is 7.46. The van der Waals surface area contributed by atoms with E-state index in [1.807, 2.05) is 24.7 Å². The molecule has 45 heavy (non-hydrogen) atoms. The van der Waals surface area contributed by atoms with Crippen molar-refractivity contribution in [1.29, 1.82) is 0 Å². The first-order valence-corrected chi connectivity index (χ1v) is 17.0. The number of nitrogens with one attached hydrogen (secondary N) is 1. The molecule has 2 saturated carbocycles. The molecule has 5 rings (SSSR count). The summed E-state index contributed by atoms with van der Waals surface area (Å²) in [6, 6.07) is 15.5. The molecule has 0 unspecified atom stereocenters. The molecule has 242 valence electrons. The normalized spacial score (nSPS) is 22.0. The Labute approximate surface area is 269 Å². The molecule has 2 aliphatic rings. The van der Waals surface area contributed by atoms with Gasteiger partial charge < -0.3 is 15.0 Å². The van der Waals surface area contributed by atoms with Gasteiger partial charge in [0.25, 0.3) is 0 Å². The van der Waals surface area contributed by atoms with Crippen LogP contribution < -0.4 is 15.0 Å². The number of amides is 2. The quantitative estimate of drug-likeness (QED) is 0.251. The number of benzene rings is 2. The highest BCUT2D eigenvalue weighted by Gasteiger charge is 2.33. The molecular weight excluding hydrogens is 560 g/mol. The van der Waals surface area contributed by atoms with Gasteiger partial charge in [-0.15, -0.1) is 0 Å². The van der Waals surface area contributed by atoms with Gasteiger partial charge in [-0.25, -0.2) is 0 Å². The van der Waals surface area contributed by atoms with Gasteiger partial charge in [0.2, 0.25) is 11.8 Å². The monoisotopic (exact) mass is 612 g/mol. The largest absolute Gasteiger partial charge is 0.496 e. The third-order valence-corrected chi connectivity index (χ3v) is 10.0. The lowest BCUT2D eigenvalue weighted by Crippen LogP contribution is -2.44. The van der Waals surface area contributed by atoms with Crippen molar-refractivity contribution in [2.75, 3.05) is 18.6 Å². The van der Waals surface area contributed by atoms with Crippen molar-refractivity contribution in [3.63, 3.8) is 0 Å². The zero-order valence-corrected chi connectivity index (χ0v) is 28.1. The zero-order chi connectivity index (χ0) is 32.1. The van der Waals surface area contributed by atoms with Crippen LogP contribution in [0.3, 0.4) is 0 Å². The Morgan fingerprint density at radius 2 is 1.69 bits per heavy atom. The Hall–Kier alpha value is -3.61. The van der Waals surface area contributed by atoms with Crippen LogP contribution in [0.1, 0.15) is 102 Å². The number of carbonyl (C=O) groups excluding carboxylic acids is 2. The van der Waals surface area contributed by atoms with Crippen molar-refractivity contribution in [3.05, 3.63) is 66.0 Å². The molecule has 2 aliphatic carbocycles. The molecule has 0 aliphatic heterocycles. The van der Waals surface area contributed by atoms with Crippen LogP contribution in [0, 0.1) is 24.7 Å². The highest BCUT2D eigenvalue weighted by molar-refractivity contribution is 5.95. The van der Waals surface area contributed by atoms with Crippen LogP contribution in [0.15, 0.2) is 54.9 Å². The Balaban J connectivity index is 1.32. The molecule has 2 fully saturated rings. The van der Waals surface area contributed by atoms with Crippen LogP contribution >= 0.6 is 0 Å². The molecule has 2 aromatic carbocycles. The van der Waals surface area contributed by atoms with Crippen molar-refractivity contribution >= 4 is 17.5 Å². The van der Waals surface area contributed by atoms with Gasteiger partial charge >= 0.3 is 0 Å². The van der Waals surface area contributed by atoms with Crippen LogP contribution in [0.5, 0.6) is 5.75 Å². The summed E-state index contributed by atoms with van der Waals surface area (Å²) in [4.78, 5) is 28.7. The van der Waals surface area contributed by atoms with Crippen LogP contribution in [-0.4, -0.2) is 41.3 Å². The van der Waals surface area contributed by atoms with Gasteiger partial charge in [-0.1, -0.05) is 38.1 Å². The van der Waals surface area contributed by atoms with Gasteiger partial charge in [0.05, 0.1) is 13.3 Å².